The van der Waals surface area contributed by atoms with Gasteiger partial charge in [-0.15, -0.1) is 0 Å². The second-order valence-electron chi connectivity index (χ2n) is 11.9. The van der Waals surface area contributed by atoms with E-state index in [2.05, 4.69) is 0 Å². The van der Waals surface area contributed by atoms with Crippen molar-refractivity contribution in [2.45, 2.75) is 66.2 Å². The van der Waals surface area contributed by atoms with E-state index in [0.29, 0.717) is 25.7 Å². The number of sulfone groups is 2. The fraction of sp³-hybridized carbons (Fsp3) is 0.467. The Kier molecular flexibility index (Phi) is 9.61. The van der Waals surface area contributed by atoms with Crippen LogP contribution in [0.25, 0.3) is 9.81 Å². The quantitative estimate of drug-likeness (QED) is 0.362. The number of rotatable bonds is 12. The molecule has 3 rings (SSSR count). The number of allylic oxidation sites excluding steroid dienone is 6. The predicted molar refractivity (Wildman–Crippen MR) is 156 cm³/mol. The molecule has 0 radical (unpaired) electrons. The Morgan fingerprint density at radius 1 is 0.625 bits per heavy atom. The zero-order valence-electron chi connectivity index (χ0n) is 23.4. The maximum atomic E-state index is 13.7. The van der Waals surface area contributed by atoms with Crippen molar-refractivity contribution in [3.8, 4) is 0 Å². The number of carbonyl (C=O) groups is 2. The highest BCUT2D eigenvalue weighted by molar-refractivity contribution is 8.05. The van der Waals surface area contributed by atoms with Crippen LogP contribution in [0, 0.1) is 10.8 Å². The largest absolute Gasteiger partial charge is 0.396 e. The molecule has 218 valence electrons. The van der Waals surface area contributed by atoms with Crippen molar-refractivity contribution in [1.82, 2.24) is 0 Å². The van der Waals surface area contributed by atoms with E-state index in [-0.39, 0.29) is 56.8 Å². The average molecular weight is 591 g/mol. The molecule has 2 aliphatic rings. The van der Waals surface area contributed by atoms with Crippen LogP contribution in [0.5, 0.6) is 0 Å². The van der Waals surface area contributed by atoms with Crippen LogP contribution in [0.2, 0.25) is 0 Å². The third-order valence-electron chi connectivity index (χ3n) is 7.29. The Balaban J connectivity index is 1.97. The summed E-state index contributed by atoms with van der Waals surface area (Å²) in [5.74, 6) is -1.06. The normalized spacial score (nSPS) is 19.1. The number of hydrogen-bond donors (Lipinski definition) is 2. The summed E-state index contributed by atoms with van der Waals surface area (Å²) >= 11 is 0. The van der Waals surface area contributed by atoms with Crippen molar-refractivity contribution < 1.29 is 36.6 Å². The van der Waals surface area contributed by atoms with Crippen molar-refractivity contribution in [3.05, 3.63) is 69.5 Å². The van der Waals surface area contributed by atoms with Crippen molar-refractivity contribution in [3.63, 3.8) is 0 Å². The van der Waals surface area contributed by atoms with Gasteiger partial charge in [0.2, 0.25) is 19.7 Å². The van der Waals surface area contributed by atoms with Crippen molar-refractivity contribution in [2.24, 2.45) is 10.8 Å². The zero-order chi connectivity index (χ0) is 29.9. The van der Waals surface area contributed by atoms with Gasteiger partial charge in [-0.25, -0.2) is 16.8 Å². The van der Waals surface area contributed by atoms with E-state index in [1.807, 2.05) is 27.7 Å². The summed E-state index contributed by atoms with van der Waals surface area (Å²) in [5, 5.41) is 19.0. The molecule has 0 aromatic heterocycles. The van der Waals surface area contributed by atoms with Gasteiger partial charge in [0, 0.05) is 48.6 Å². The van der Waals surface area contributed by atoms with Gasteiger partial charge in [0.05, 0.1) is 19.6 Å². The lowest BCUT2D eigenvalue weighted by atomic mass is 9.88. The molecule has 10 heteroatoms. The van der Waals surface area contributed by atoms with Gasteiger partial charge in [-0.2, -0.15) is 0 Å². The summed E-state index contributed by atoms with van der Waals surface area (Å²) in [6.45, 7) is 7.32. The van der Waals surface area contributed by atoms with E-state index in [1.165, 1.54) is 12.1 Å². The molecular formula is C30H38O8S2. The minimum atomic E-state index is -4.14. The lowest BCUT2D eigenvalue weighted by molar-refractivity contribution is -0.111. The Hall–Kier alpha value is -2.66. The molecule has 0 bridgehead atoms. The number of aliphatic hydroxyl groups excluding tert-OH is 2. The molecule has 0 saturated heterocycles. The minimum Gasteiger partial charge on any atom is -0.396 e. The lowest BCUT2D eigenvalue weighted by Gasteiger charge is -2.24. The Labute approximate surface area is 237 Å². The summed E-state index contributed by atoms with van der Waals surface area (Å²) in [4.78, 5) is 24.5. The fourth-order valence-electron chi connectivity index (χ4n) is 4.66. The van der Waals surface area contributed by atoms with E-state index in [0.717, 1.165) is 24.3 Å². The number of benzene rings is 1. The molecule has 1 aromatic rings. The Bertz CT molecular complexity index is 1400. The van der Waals surface area contributed by atoms with Gasteiger partial charge < -0.3 is 10.2 Å². The molecule has 0 atom stereocenters. The maximum Gasteiger partial charge on any atom is 0.203 e. The number of ketones is 2. The van der Waals surface area contributed by atoms with E-state index in [4.69, 9.17) is 0 Å². The second-order valence-corrected chi connectivity index (χ2v) is 15.9. The average Bonchev–Trinajstić information content (AvgIpc) is 2.87. The third-order valence-corrected chi connectivity index (χ3v) is 11.1. The number of carbonyl (C=O) groups excluding carboxylic acids is 2. The molecule has 40 heavy (non-hydrogen) atoms. The van der Waals surface area contributed by atoms with E-state index in [1.54, 1.807) is 12.1 Å². The van der Waals surface area contributed by atoms with Crippen LogP contribution in [0.4, 0.5) is 0 Å². The van der Waals surface area contributed by atoms with Crippen LogP contribution in [-0.2, 0) is 29.3 Å². The summed E-state index contributed by atoms with van der Waals surface area (Å²) in [6, 6.07) is 5.97. The first-order valence-corrected chi connectivity index (χ1v) is 16.2. The first kappa shape index (κ1) is 31.9. The highest BCUT2D eigenvalue weighted by Gasteiger charge is 2.35. The van der Waals surface area contributed by atoms with Crippen LogP contribution < -0.4 is 0 Å². The summed E-state index contributed by atoms with van der Waals surface area (Å²) in [7, 11) is -8.28. The monoisotopic (exact) mass is 590 g/mol. The molecule has 2 heterocycles. The molecule has 0 unspecified atom stereocenters. The molecular weight excluding hydrogens is 552 g/mol. The lowest BCUT2D eigenvalue weighted by Crippen LogP contribution is -2.20. The SMILES string of the molecule is CC(C)(CO)CCCC1=CC(=O)C=C(c2ccccc2C2=CC(=O)C=C(CCCC(C)(C)CO)S2(=O)=O)S1(=O)=O. The van der Waals surface area contributed by atoms with Gasteiger partial charge in [-0.3, -0.25) is 9.59 Å². The van der Waals surface area contributed by atoms with Crippen LogP contribution in [0.1, 0.15) is 77.3 Å². The van der Waals surface area contributed by atoms with E-state index >= 15 is 0 Å². The molecule has 2 N–H and O–H groups in total. The zero-order valence-corrected chi connectivity index (χ0v) is 25.1. The minimum absolute atomic E-state index is 0.0300. The topological polar surface area (TPSA) is 143 Å². The Morgan fingerprint density at radius 3 is 1.30 bits per heavy atom. The molecule has 8 nitrogen and oxygen atoms in total. The molecule has 0 fully saturated rings. The smallest absolute Gasteiger partial charge is 0.203 e. The number of aliphatic hydroxyl groups is 2. The van der Waals surface area contributed by atoms with Gasteiger partial charge in [0.25, 0.3) is 0 Å². The molecule has 2 aliphatic heterocycles. The van der Waals surface area contributed by atoms with Crippen molar-refractivity contribution >= 4 is 41.1 Å². The molecule has 1 aromatic carbocycles. The van der Waals surface area contributed by atoms with Crippen LogP contribution >= 0.6 is 0 Å². The number of hydrogen-bond acceptors (Lipinski definition) is 8. The second kappa shape index (κ2) is 12.1. The van der Waals surface area contributed by atoms with Gasteiger partial charge in [-0.1, -0.05) is 52.0 Å². The Morgan fingerprint density at radius 2 is 0.975 bits per heavy atom. The van der Waals surface area contributed by atoms with Crippen molar-refractivity contribution in [2.75, 3.05) is 13.2 Å². The highest BCUT2D eigenvalue weighted by atomic mass is 32.2. The first-order chi connectivity index (χ1) is 18.5. The summed E-state index contributed by atoms with van der Waals surface area (Å²) < 4.78 is 54.7. The molecule has 0 amide bonds. The van der Waals surface area contributed by atoms with Crippen LogP contribution in [-0.4, -0.2) is 51.8 Å². The van der Waals surface area contributed by atoms with E-state index < -0.39 is 42.1 Å². The first-order valence-electron chi connectivity index (χ1n) is 13.3. The maximum absolute atomic E-state index is 13.7. The van der Waals surface area contributed by atoms with E-state index in [9.17, 15) is 36.6 Å². The van der Waals surface area contributed by atoms with Gasteiger partial charge >= 0.3 is 0 Å². The predicted octanol–water partition coefficient (Wildman–Crippen LogP) is 4.51. The van der Waals surface area contributed by atoms with Gasteiger partial charge in [0.15, 0.2) is 11.6 Å². The fourth-order valence-corrected chi connectivity index (χ4v) is 8.07. The molecule has 0 saturated carbocycles. The molecule has 0 aliphatic carbocycles. The summed E-state index contributed by atoms with van der Waals surface area (Å²) in [5.41, 5.74) is -0.742. The van der Waals surface area contributed by atoms with Crippen LogP contribution in [0.3, 0.4) is 0 Å². The third kappa shape index (κ3) is 7.15. The highest BCUT2D eigenvalue weighted by Crippen LogP contribution is 2.41. The standard InChI is InChI=1S/C30H38O8S2/c1-29(2,19-31)13-7-9-23-15-21(33)17-27(39(23,35)36)25-11-5-6-12-26(25)28-18-22(34)16-24(40(28,37)38)10-8-14-30(3,4)20-32/h5-6,11-12,15-18,31-32H,7-10,13-14,19-20H2,1-4H3. The van der Waals surface area contributed by atoms with Crippen molar-refractivity contribution in [1.29, 1.82) is 0 Å². The van der Waals surface area contributed by atoms with Gasteiger partial charge in [-0.05, 0) is 49.4 Å². The summed E-state index contributed by atoms with van der Waals surface area (Å²) in [6.07, 6.45) is 6.26. The van der Waals surface area contributed by atoms with Gasteiger partial charge in [0.1, 0.15) is 0 Å². The molecule has 0 spiro atoms. The van der Waals surface area contributed by atoms with Crippen LogP contribution in [0.15, 0.2) is 58.4 Å².